The lowest BCUT2D eigenvalue weighted by molar-refractivity contribution is 0.824. The van der Waals surface area contributed by atoms with Crippen LogP contribution in [0.25, 0.3) is 11.0 Å². The van der Waals surface area contributed by atoms with E-state index in [1.54, 1.807) is 0 Å². The van der Waals surface area contributed by atoms with Crippen LogP contribution in [0.5, 0.6) is 0 Å². The number of hydrogen-bond donors (Lipinski definition) is 0. The molecule has 0 unspecified atom stereocenters. The number of rotatable bonds is 2. The minimum atomic E-state index is 0.540. The number of hydrogen-bond acceptors (Lipinski definition) is 1. The fourth-order valence-electron chi connectivity index (χ4n) is 2.19. The first-order valence-corrected chi connectivity index (χ1v) is 6.28. The van der Waals surface area contributed by atoms with Crippen molar-refractivity contribution in [2.45, 2.75) is 13.5 Å². The van der Waals surface area contributed by atoms with Gasteiger partial charge in [0.15, 0.2) is 0 Å². The molecule has 0 spiro atoms. The molecular weight excluding hydrogens is 244 g/mol. The van der Waals surface area contributed by atoms with Gasteiger partial charge in [0.05, 0.1) is 17.6 Å². The molecule has 0 saturated heterocycles. The van der Waals surface area contributed by atoms with E-state index >= 15 is 0 Å². The number of benzene rings is 2. The molecule has 18 heavy (non-hydrogen) atoms. The highest BCUT2D eigenvalue weighted by Gasteiger charge is 2.08. The molecule has 0 amide bonds. The molecular formula is C15H13ClN2. The van der Waals surface area contributed by atoms with Crippen molar-refractivity contribution < 1.29 is 0 Å². The zero-order valence-electron chi connectivity index (χ0n) is 10.1. The fourth-order valence-corrected chi connectivity index (χ4v) is 2.43. The summed E-state index contributed by atoms with van der Waals surface area (Å²) in [5.41, 5.74) is 4.51. The second-order valence-corrected chi connectivity index (χ2v) is 4.78. The highest BCUT2D eigenvalue weighted by molar-refractivity contribution is 6.29. The van der Waals surface area contributed by atoms with E-state index in [2.05, 4.69) is 36.2 Å². The average molecular weight is 257 g/mol. The molecule has 90 valence electrons. The minimum Gasteiger partial charge on any atom is -0.310 e. The maximum atomic E-state index is 6.21. The van der Waals surface area contributed by atoms with Crippen LogP contribution in [-0.4, -0.2) is 9.55 Å². The summed E-state index contributed by atoms with van der Waals surface area (Å²) in [6, 6.07) is 16.5. The molecule has 0 aliphatic heterocycles. The third kappa shape index (κ3) is 2.00. The van der Waals surface area contributed by atoms with Gasteiger partial charge in [0, 0.05) is 0 Å². The van der Waals surface area contributed by atoms with Gasteiger partial charge in [-0.2, -0.15) is 0 Å². The second kappa shape index (κ2) is 4.46. The molecule has 3 rings (SSSR count). The van der Waals surface area contributed by atoms with Crippen molar-refractivity contribution in [2.24, 2.45) is 0 Å². The largest absolute Gasteiger partial charge is 0.310 e. The topological polar surface area (TPSA) is 17.8 Å². The van der Waals surface area contributed by atoms with E-state index in [9.17, 15) is 0 Å². The van der Waals surface area contributed by atoms with Crippen LogP contribution in [0.4, 0.5) is 0 Å². The number of aryl methyl sites for hydroxylation is 1. The van der Waals surface area contributed by atoms with Crippen molar-refractivity contribution in [1.82, 2.24) is 9.55 Å². The van der Waals surface area contributed by atoms with E-state index in [4.69, 9.17) is 11.6 Å². The maximum absolute atomic E-state index is 6.21. The van der Waals surface area contributed by atoms with Gasteiger partial charge < -0.3 is 4.57 Å². The van der Waals surface area contributed by atoms with Gasteiger partial charge >= 0.3 is 0 Å². The van der Waals surface area contributed by atoms with Crippen molar-refractivity contribution >= 4 is 22.6 Å². The molecule has 0 atom stereocenters. The predicted molar refractivity (Wildman–Crippen MR) is 75.0 cm³/mol. The maximum Gasteiger partial charge on any atom is 0.204 e. The van der Waals surface area contributed by atoms with Gasteiger partial charge in [-0.1, -0.05) is 42.0 Å². The first-order valence-electron chi connectivity index (χ1n) is 5.90. The zero-order chi connectivity index (χ0) is 12.5. The van der Waals surface area contributed by atoms with Crippen LogP contribution in [0.2, 0.25) is 5.28 Å². The van der Waals surface area contributed by atoms with Gasteiger partial charge in [0.1, 0.15) is 0 Å². The molecule has 0 aliphatic carbocycles. The first kappa shape index (κ1) is 11.3. The molecule has 2 aromatic carbocycles. The van der Waals surface area contributed by atoms with Gasteiger partial charge in [0.25, 0.3) is 0 Å². The molecule has 0 fully saturated rings. The lowest BCUT2D eigenvalue weighted by Crippen LogP contribution is -1.99. The van der Waals surface area contributed by atoms with Crippen LogP contribution < -0.4 is 0 Å². The first-order chi connectivity index (χ1) is 8.74. The average Bonchev–Trinajstić information content (AvgIpc) is 2.66. The van der Waals surface area contributed by atoms with Crippen molar-refractivity contribution in [1.29, 1.82) is 0 Å². The Labute approximate surface area is 111 Å². The predicted octanol–water partition coefficient (Wildman–Crippen LogP) is 4.05. The summed E-state index contributed by atoms with van der Waals surface area (Å²) in [6.07, 6.45) is 0. The quantitative estimate of drug-likeness (QED) is 0.676. The Morgan fingerprint density at radius 3 is 2.78 bits per heavy atom. The summed E-state index contributed by atoms with van der Waals surface area (Å²) < 4.78 is 2.03. The van der Waals surface area contributed by atoms with Crippen molar-refractivity contribution in [3.63, 3.8) is 0 Å². The third-order valence-corrected chi connectivity index (χ3v) is 3.32. The minimum absolute atomic E-state index is 0.540. The SMILES string of the molecule is Cc1cccc(Cn2c(Cl)nc3ccccc32)c1. The Morgan fingerprint density at radius 2 is 1.94 bits per heavy atom. The van der Waals surface area contributed by atoms with Crippen molar-refractivity contribution in [3.8, 4) is 0 Å². The summed E-state index contributed by atoms with van der Waals surface area (Å²) in [5, 5.41) is 0.540. The molecule has 0 radical (unpaired) electrons. The van der Waals surface area contributed by atoms with Crippen LogP contribution in [0.3, 0.4) is 0 Å². The van der Waals surface area contributed by atoms with Crippen LogP contribution >= 0.6 is 11.6 Å². The molecule has 3 aromatic rings. The molecule has 1 aromatic heterocycles. The lowest BCUT2D eigenvalue weighted by atomic mass is 10.1. The Balaban J connectivity index is 2.07. The lowest BCUT2D eigenvalue weighted by Gasteiger charge is -2.06. The summed E-state index contributed by atoms with van der Waals surface area (Å²) >= 11 is 6.21. The van der Waals surface area contributed by atoms with Crippen molar-refractivity contribution in [3.05, 3.63) is 64.9 Å². The molecule has 0 aliphatic rings. The van der Waals surface area contributed by atoms with Crippen LogP contribution in [-0.2, 0) is 6.54 Å². The molecule has 1 heterocycles. The normalized spacial score (nSPS) is 11.0. The Bertz CT molecular complexity index is 701. The molecule has 0 bridgehead atoms. The molecule has 0 saturated carbocycles. The summed E-state index contributed by atoms with van der Waals surface area (Å²) in [7, 11) is 0. The number of para-hydroxylation sites is 2. The number of aromatic nitrogens is 2. The summed E-state index contributed by atoms with van der Waals surface area (Å²) in [4.78, 5) is 4.36. The van der Waals surface area contributed by atoms with E-state index in [1.165, 1.54) is 11.1 Å². The Kier molecular flexibility index (Phi) is 2.80. The molecule has 2 nitrogen and oxygen atoms in total. The monoisotopic (exact) mass is 256 g/mol. The second-order valence-electron chi connectivity index (χ2n) is 4.44. The molecule has 0 N–H and O–H groups in total. The van der Waals surface area contributed by atoms with Gasteiger partial charge in [-0.15, -0.1) is 0 Å². The smallest absolute Gasteiger partial charge is 0.204 e. The van der Waals surface area contributed by atoms with Gasteiger partial charge in [-0.05, 0) is 36.2 Å². The number of imidazole rings is 1. The standard InChI is InChI=1S/C15H13ClN2/c1-11-5-4-6-12(9-11)10-18-14-8-3-2-7-13(14)17-15(18)16/h2-9H,10H2,1H3. The highest BCUT2D eigenvalue weighted by atomic mass is 35.5. The van der Waals surface area contributed by atoms with E-state index in [0.717, 1.165) is 17.6 Å². The summed E-state index contributed by atoms with van der Waals surface area (Å²) in [5.74, 6) is 0. The van der Waals surface area contributed by atoms with Gasteiger partial charge in [-0.25, -0.2) is 4.98 Å². The molecule has 3 heteroatoms. The van der Waals surface area contributed by atoms with Gasteiger partial charge in [0.2, 0.25) is 5.28 Å². The van der Waals surface area contributed by atoms with Gasteiger partial charge in [-0.3, -0.25) is 0 Å². The summed E-state index contributed by atoms with van der Waals surface area (Å²) in [6.45, 7) is 2.85. The van der Waals surface area contributed by atoms with Crippen LogP contribution in [0.15, 0.2) is 48.5 Å². The van der Waals surface area contributed by atoms with E-state index in [0.29, 0.717) is 5.28 Å². The van der Waals surface area contributed by atoms with E-state index in [1.807, 2.05) is 28.8 Å². The van der Waals surface area contributed by atoms with Crippen LogP contribution in [0, 0.1) is 6.92 Å². The van der Waals surface area contributed by atoms with Crippen LogP contribution in [0.1, 0.15) is 11.1 Å². The number of halogens is 1. The highest BCUT2D eigenvalue weighted by Crippen LogP contribution is 2.21. The fraction of sp³-hybridized carbons (Fsp3) is 0.133. The number of fused-ring (bicyclic) bond motifs is 1. The van der Waals surface area contributed by atoms with Crippen molar-refractivity contribution in [2.75, 3.05) is 0 Å². The Morgan fingerprint density at radius 1 is 1.11 bits per heavy atom. The van der Waals surface area contributed by atoms with E-state index in [-0.39, 0.29) is 0 Å². The zero-order valence-corrected chi connectivity index (χ0v) is 10.9. The number of nitrogens with zero attached hydrogens (tertiary/aromatic N) is 2. The Hall–Kier alpha value is -1.80. The third-order valence-electron chi connectivity index (χ3n) is 3.03. The van der Waals surface area contributed by atoms with E-state index < -0.39 is 0 Å².